The molecule has 0 radical (unpaired) electrons. The van der Waals surface area contributed by atoms with E-state index < -0.39 is 0 Å². The number of carbonyl (C=O) groups excluding carboxylic acids is 1. The summed E-state index contributed by atoms with van der Waals surface area (Å²) in [6.45, 7) is 4.03. The van der Waals surface area contributed by atoms with Crippen LogP contribution >= 0.6 is 0 Å². The molecule has 0 aliphatic heterocycles. The lowest BCUT2D eigenvalue weighted by molar-refractivity contribution is -0.122. The van der Waals surface area contributed by atoms with Crippen LogP contribution in [0.2, 0.25) is 0 Å². The summed E-state index contributed by atoms with van der Waals surface area (Å²) in [5, 5.41) is 3.60. The summed E-state index contributed by atoms with van der Waals surface area (Å²) in [4.78, 5) is 29.9. The lowest BCUT2D eigenvalue weighted by atomic mass is 9.95. The molecule has 0 aliphatic rings. The van der Waals surface area contributed by atoms with E-state index in [1.165, 1.54) is 16.5 Å². The molecule has 0 saturated carbocycles. The molecule has 30 heavy (non-hydrogen) atoms. The quantitative estimate of drug-likeness (QED) is 0.555. The Morgan fingerprint density at radius 1 is 0.933 bits per heavy atom. The van der Waals surface area contributed by atoms with Gasteiger partial charge in [-0.1, -0.05) is 60.7 Å². The number of para-hydroxylation sites is 1. The van der Waals surface area contributed by atoms with Gasteiger partial charge in [-0.2, -0.15) is 0 Å². The predicted octanol–water partition coefficient (Wildman–Crippen LogP) is 3.92. The van der Waals surface area contributed by atoms with Gasteiger partial charge in [0.15, 0.2) is 0 Å². The van der Waals surface area contributed by atoms with Crippen molar-refractivity contribution in [3.8, 4) is 0 Å². The molecule has 4 rings (SSSR count). The predicted molar refractivity (Wildman–Crippen MR) is 118 cm³/mol. The number of aromatic nitrogens is 2. The highest BCUT2D eigenvalue weighted by Crippen LogP contribution is 2.24. The maximum absolute atomic E-state index is 12.9. The number of rotatable bonds is 5. The zero-order valence-electron chi connectivity index (χ0n) is 17.0. The third kappa shape index (κ3) is 4.01. The molecule has 1 N–H and O–H groups in total. The first-order chi connectivity index (χ1) is 14.5. The minimum Gasteiger partial charge on any atom is -0.344 e. The van der Waals surface area contributed by atoms with E-state index in [0.29, 0.717) is 10.9 Å². The highest BCUT2D eigenvalue weighted by molar-refractivity contribution is 5.79. The second-order valence-corrected chi connectivity index (χ2v) is 7.45. The third-order valence-electron chi connectivity index (χ3n) is 5.35. The first-order valence-corrected chi connectivity index (χ1v) is 9.88. The summed E-state index contributed by atoms with van der Waals surface area (Å²) in [6, 6.07) is 22.8. The fraction of sp³-hybridized carbons (Fsp3) is 0.160. The highest BCUT2D eigenvalue weighted by Gasteiger charge is 2.18. The topological polar surface area (TPSA) is 64.0 Å². The van der Waals surface area contributed by atoms with Gasteiger partial charge in [0.1, 0.15) is 6.54 Å². The molecule has 0 spiro atoms. The summed E-state index contributed by atoms with van der Waals surface area (Å²) in [6.07, 6.45) is 1.43. The highest BCUT2D eigenvalue weighted by atomic mass is 16.2. The van der Waals surface area contributed by atoms with Gasteiger partial charge >= 0.3 is 0 Å². The average Bonchev–Trinajstić information content (AvgIpc) is 2.77. The Morgan fingerprint density at radius 2 is 1.67 bits per heavy atom. The van der Waals surface area contributed by atoms with E-state index in [1.54, 1.807) is 18.2 Å². The molecule has 5 nitrogen and oxygen atoms in total. The summed E-state index contributed by atoms with van der Waals surface area (Å²) < 4.78 is 1.35. The zero-order valence-corrected chi connectivity index (χ0v) is 17.0. The van der Waals surface area contributed by atoms with E-state index in [9.17, 15) is 9.59 Å². The molecule has 1 atom stereocenters. The molecule has 4 aromatic rings. The van der Waals surface area contributed by atoms with E-state index in [1.807, 2.05) is 42.5 Å². The lowest BCUT2D eigenvalue weighted by Gasteiger charge is -2.21. The zero-order chi connectivity index (χ0) is 21.1. The average molecular weight is 397 g/mol. The Morgan fingerprint density at radius 3 is 2.43 bits per heavy atom. The van der Waals surface area contributed by atoms with Gasteiger partial charge in [0, 0.05) is 0 Å². The first-order valence-electron chi connectivity index (χ1n) is 9.88. The number of aryl methyl sites for hydroxylation is 2. The van der Waals surface area contributed by atoms with Gasteiger partial charge in [-0.3, -0.25) is 14.2 Å². The smallest absolute Gasteiger partial charge is 0.261 e. The van der Waals surface area contributed by atoms with E-state index in [4.69, 9.17) is 0 Å². The molecule has 5 heteroatoms. The summed E-state index contributed by atoms with van der Waals surface area (Å²) in [5.74, 6) is -0.249. The minimum absolute atomic E-state index is 0.0924. The Bertz CT molecular complexity index is 1260. The summed E-state index contributed by atoms with van der Waals surface area (Å²) in [5.41, 5.74) is 4.75. The van der Waals surface area contributed by atoms with Crippen LogP contribution in [-0.4, -0.2) is 15.5 Å². The number of benzene rings is 3. The first kappa shape index (κ1) is 19.6. The second-order valence-electron chi connectivity index (χ2n) is 7.45. The van der Waals surface area contributed by atoms with Gasteiger partial charge in [-0.05, 0) is 48.2 Å². The minimum atomic E-state index is -0.304. The van der Waals surface area contributed by atoms with Crippen molar-refractivity contribution in [2.45, 2.75) is 26.4 Å². The number of carbonyl (C=O) groups is 1. The second kappa shape index (κ2) is 8.33. The van der Waals surface area contributed by atoms with Crippen molar-refractivity contribution < 1.29 is 4.79 Å². The molecule has 0 aliphatic carbocycles. The SMILES string of the molecule is Cc1ccc([C@@H](NC(=O)Cn2cnc3ccccc3c2=O)c2ccccc2)cc1C. The van der Waals surface area contributed by atoms with Crippen LogP contribution in [-0.2, 0) is 11.3 Å². The van der Waals surface area contributed by atoms with Crippen molar-refractivity contribution in [1.82, 2.24) is 14.9 Å². The van der Waals surface area contributed by atoms with E-state index in [2.05, 4.69) is 36.3 Å². The summed E-state index contributed by atoms with van der Waals surface area (Å²) in [7, 11) is 0. The monoisotopic (exact) mass is 397 g/mol. The van der Waals surface area contributed by atoms with Crippen LogP contribution < -0.4 is 10.9 Å². The maximum Gasteiger partial charge on any atom is 0.261 e. The van der Waals surface area contributed by atoms with Crippen LogP contribution in [0.1, 0.15) is 28.3 Å². The molecule has 3 aromatic carbocycles. The fourth-order valence-corrected chi connectivity index (χ4v) is 3.53. The van der Waals surface area contributed by atoms with Crippen molar-refractivity contribution in [3.63, 3.8) is 0 Å². The van der Waals surface area contributed by atoms with E-state index in [-0.39, 0.29) is 24.1 Å². The lowest BCUT2D eigenvalue weighted by Crippen LogP contribution is -2.35. The van der Waals surface area contributed by atoms with Crippen LogP contribution in [0.25, 0.3) is 10.9 Å². The Labute approximate surface area is 175 Å². The van der Waals surface area contributed by atoms with Gasteiger partial charge in [0.05, 0.1) is 23.3 Å². The number of hydrogen-bond acceptors (Lipinski definition) is 3. The number of amides is 1. The number of hydrogen-bond donors (Lipinski definition) is 1. The molecule has 1 amide bonds. The number of nitrogens with one attached hydrogen (secondary N) is 1. The Hall–Kier alpha value is -3.73. The fourth-order valence-electron chi connectivity index (χ4n) is 3.53. The Balaban J connectivity index is 1.63. The van der Waals surface area contributed by atoms with Crippen LogP contribution in [0.5, 0.6) is 0 Å². The molecular weight excluding hydrogens is 374 g/mol. The van der Waals surface area contributed by atoms with Crippen LogP contribution in [0.3, 0.4) is 0 Å². The van der Waals surface area contributed by atoms with E-state index in [0.717, 1.165) is 16.7 Å². The van der Waals surface area contributed by atoms with Crippen molar-refractivity contribution in [3.05, 3.63) is 112 Å². The van der Waals surface area contributed by atoms with Crippen LogP contribution in [0, 0.1) is 13.8 Å². The van der Waals surface area contributed by atoms with Crippen molar-refractivity contribution in [2.75, 3.05) is 0 Å². The van der Waals surface area contributed by atoms with Gasteiger partial charge in [0.2, 0.25) is 5.91 Å². The Kier molecular flexibility index (Phi) is 5.44. The van der Waals surface area contributed by atoms with Gasteiger partial charge in [-0.15, -0.1) is 0 Å². The molecule has 0 fully saturated rings. The van der Waals surface area contributed by atoms with Gasteiger partial charge < -0.3 is 5.32 Å². The van der Waals surface area contributed by atoms with Crippen LogP contribution in [0.15, 0.2) is 83.9 Å². The molecular formula is C25H23N3O2. The third-order valence-corrected chi connectivity index (χ3v) is 5.35. The van der Waals surface area contributed by atoms with Gasteiger partial charge in [-0.25, -0.2) is 4.98 Å². The van der Waals surface area contributed by atoms with Crippen LogP contribution in [0.4, 0.5) is 0 Å². The van der Waals surface area contributed by atoms with Crippen molar-refractivity contribution in [2.24, 2.45) is 0 Å². The largest absolute Gasteiger partial charge is 0.344 e. The number of nitrogens with zero attached hydrogens (tertiary/aromatic N) is 2. The van der Waals surface area contributed by atoms with Crippen molar-refractivity contribution in [1.29, 1.82) is 0 Å². The molecule has 0 unspecified atom stereocenters. The maximum atomic E-state index is 12.9. The summed E-state index contributed by atoms with van der Waals surface area (Å²) >= 11 is 0. The van der Waals surface area contributed by atoms with Crippen molar-refractivity contribution >= 4 is 16.8 Å². The molecule has 1 heterocycles. The molecule has 0 saturated heterocycles. The normalized spacial score (nSPS) is 11.9. The number of fused-ring (bicyclic) bond motifs is 1. The van der Waals surface area contributed by atoms with Gasteiger partial charge in [0.25, 0.3) is 5.56 Å². The molecule has 0 bridgehead atoms. The van der Waals surface area contributed by atoms with E-state index >= 15 is 0 Å². The molecule has 150 valence electrons. The molecule has 1 aromatic heterocycles. The standard InChI is InChI=1S/C25H23N3O2/c1-17-12-13-20(14-18(17)2)24(19-8-4-3-5-9-19)27-23(29)15-28-16-26-22-11-7-6-10-21(22)25(28)30/h3-14,16,24H,15H2,1-2H3,(H,27,29)/t24-/m0/s1.